The SMILES string of the molecule is CNCC(C)(C)COc1ccc(F)cc1Cl. The van der Waals surface area contributed by atoms with Crippen LogP contribution in [-0.2, 0) is 0 Å². The van der Waals surface area contributed by atoms with E-state index in [-0.39, 0.29) is 11.2 Å². The molecule has 1 aromatic carbocycles. The fourth-order valence-corrected chi connectivity index (χ4v) is 1.62. The minimum absolute atomic E-state index is 0.00641. The Bertz CT molecular complexity index is 355. The zero-order valence-corrected chi connectivity index (χ0v) is 10.6. The van der Waals surface area contributed by atoms with Gasteiger partial charge < -0.3 is 10.1 Å². The van der Waals surface area contributed by atoms with Crippen molar-refractivity contribution in [2.45, 2.75) is 13.8 Å². The van der Waals surface area contributed by atoms with Crippen molar-refractivity contribution in [3.63, 3.8) is 0 Å². The maximum absolute atomic E-state index is 12.8. The van der Waals surface area contributed by atoms with Gasteiger partial charge in [0, 0.05) is 12.0 Å². The zero-order chi connectivity index (χ0) is 12.2. The van der Waals surface area contributed by atoms with Gasteiger partial charge in [-0.05, 0) is 25.2 Å². The van der Waals surface area contributed by atoms with Gasteiger partial charge in [-0.25, -0.2) is 4.39 Å². The molecule has 0 fully saturated rings. The number of hydrogen-bond donors (Lipinski definition) is 1. The van der Waals surface area contributed by atoms with Crippen LogP contribution >= 0.6 is 11.6 Å². The first-order chi connectivity index (χ1) is 7.44. The van der Waals surface area contributed by atoms with Crippen LogP contribution in [0.3, 0.4) is 0 Å². The highest BCUT2D eigenvalue weighted by Gasteiger charge is 2.18. The number of hydrogen-bond acceptors (Lipinski definition) is 2. The predicted octanol–water partition coefficient (Wildman–Crippen LogP) is 3.10. The summed E-state index contributed by atoms with van der Waals surface area (Å²) in [6.07, 6.45) is 0. The summed E-state index contributed by atoms with van der Waals surface area (Å²) in [6.45, 7) is 5.53. The largest absolute Gasteiger partial charge is 0.491 e. The average molecular weight is 246 g/mol. The van der Waals surface area contributed by atoms with E-state index in [1.165, 1.54) is 12.1 Å². The number of ether oxygens (including phenoxy) is 1. The van der Waals surface area contributed by atoms with Crippen molar-refractivity contribution in [2.75, 3.05) is 20.2 Å². The van der Waals surface area contributed by atoms with Crippen LogP contribution in [0, 0.1) is 11.2 Å². The third kappa shape index (κ3) is 3.99. The molecule has 0 spiro atoms. The summed E-state index contributed by atoms with van der Waals surface area (Å²) >= 11 is 5.85. The monoisotopic (exact) mass is 245 g/mol. The van der Waals surface area contributed by atoms with Crippen LogP contribution in [0.2, 0.25) is 5.02 Å². The van der Waals surface area contributed by atoms with Crippen molar-refractivity contribution in [3.8, 4) is 5.75 Å². The second kappa shape index (κ2) is 5.51. The first kappa shape index (κ1) is 13.3. The van der Waals surface area contributed by atoms with Gasteiger partial charge >= 0.3 is 0 Å². The second-order valence-corrected chi connectivity index (χ2v) is 4.97. The molecule has 0 aliphatic rings. The molecule has 0 atom stereocenters. The molecule has 0 saturated heterocycles. The van der Waals surface area contributed by atoms with E-state index in [1.54, 1.807) is 6.07 Å². The molecular formula is C12H17ClFNO. The van der Waals surface area contributed by atoms with Gasteiger partial charge in [-0.3, -0.25) is 0 Å². The molecule has 1 N–H and O–H groups in total. The van der Waals surface area contributed by atoms with Gasteiger partial charge in [0.2, 0.25) is 0 Å². The number of nitrogens with one attached hydrogen (secondary N) is 1. The van der Waals surface area contributed by atoms with E-state index < -0.39 is 0 Å². The summed E-state index contributed by atoms with van der Waals surface area (Å²) < 4.78 is 18.4. The molecule has 0 bridgehead atoms. The summed E-state index contributed by atoms with van der Waals surface area (Å²) in [5.74, 6) is 0.166. The van der Waals surface area contributed by atoms with Crippen molar-refractivity contribution in [2.24, 2.45) is 5.41 Å². The van der Waals surface area contributed by atoms with E-state index in [2.05, 4.69) is 19.2 Å². The van der Waals surface area contributed by atoms with Crippen molar-refractivity contribution >= 4 is 11.6 Å². The van der Waals surface area contributed by atoms with Crippen LogP contribution in [0.5, 0.6) is 5.75 Å². The van der Waals surface area contributed by atoms with E-state index >= 15 is 0 Å². The summed E-state index contributed by atoms with van der Waals surface area (Å²) in [5.41, 5.74) is 0.00641. The Labute approximate surface area is 101 Å². The maximum Gasteiger partial charge on any atom is 0.138 e. The molecular weight excluding hydrogens is 229 g/mol. The molecule has 0 unspecified atom stereocenters. The van der Waals surface area contributed by atoms with E-state index in [4.69, 9.17) is 16.3 Å². The summed E-state index contributed by atoms with van der Waals surface area (Å²) in [6, 6.07) is 4.14. The minimum atomic E-state index is -0.355. The summed E-state index contributed by atoms with van der Waals surface area (Å²) in [5, 5.41) is 3.40. The van der Waals surface area contributed by atoms with Crippen LogP contribution in [-0.4, -0.2) is 20.2 Å². The molecule has 0 aliphatic heterocycles. The Balaban J connectivity index is 2.61. The van der Waals surface area contributed by atoms with Crippen molar-refractivity contribution < 1.29 is 9.13 Å². The lowest BCUT2D eigenvalue weighted by Gasteiger charge is -2.24. The minimum Gasteiger partial charge on any atom is -0.491 e. The van der Waals surface area contributed by atoms with Crippen LogP contribution in [0.25, 0.3) is 0 Å². The molecule has 0 amide bonds. The Kier molecular flexibility index (Phi) is 4.56. The van der Waals surface area contributed by atoms with Gasteiger partial charge in [0.1, 0.15) is 11.6 Å². The Morgan fingerprint density at radius 3 is 2.69 bits per heavy atom. The van der Waals surface area contributed by atoms with Crippen LogP contribution in [0.4, 0.5) is 4.39 Å². The van der Waals surface area contributed by atoms with Crippen molar-refractivity contribution in [1.82, 2.24) is 5.32 Å². The van der Waals surface area contributed by atoms with E-state index in [0.29, 0.717) is 17.4 Å². The van der Waals surface area contributed by atoms with Gasteiger partial charge in [0.15, 0.2) is 0 Å². The number of rotatable bonds is 5. The molecule has 0 saturated carbocycles. The fourth-order valence-electron chi connectivity index (χ4n) is 1.39. The Morgan fingerprint density at radius 2 is 2.12 bits per heavy atom. The summed E-state index contributed by atoms with van der Waals surface area (Å²) in [4.78, 5) is 0. The van der Waals surface area contributed by atoms with Gasteiger partial charge in [-0.15, -0.1) is 0 Å². The normalized spacial score (nSPS) is 11.6. The molecule has 4 heteroatoms. The highest BCUT2D eigenvalue weighted by Crippen LogP contribution is 2.26. The third-order valence-corrected chi connectivity index (χ3v) is 2.46. The number of halogens is 2. The molecule has 2 nitrogen and oxygen atoms in total. The lowest BCUT2D eigenvalue weighted by atomic mass is 9.95. The van der Waals surface area contributed by atoms with Gasteiger partial charge in [-0.2, -0.15) is 0 Å². The molecule has 1 rings (SSSR count). The second-order valence-electron chi connectivity index (χ2n) is 4.56. The van der Waals surface area contributed by atoms with Crippen LogP contribution in [0.1, 0.15) is 13.8 Å². The van der Waals surface area contributed by atoms with Crippen molar-refractivity contribution in [3.05, 3.63) is 29.0 Å². The zero-order valence-electron chi connectivity index (χ0n) is 9.81. The molecule has 90 valence electrons. The van der Waals surface area contributed by atoms with Gasteiger partial charge in [0.05, 0.1) is 11.6 Å². The van der Waals surface area contributed by atoms with E-state index in [1.807, 2.05) is 7.05 Å². The molecule has 0 aromatic heterocycles. The van der Waals surface area contributed by atoms with Crippen LogP contribution < -0.4 is 10.1 Å². The standard InChI is InChI=1S/C12H17ClFNO/c1-12(2,7-15-3)8-16-11-5-4-9(14)6-10(11)13/h4-6,15H,7-8H2,1-3H3. The first-order valence-electron chi connectivity index (χ1n) is 5.17. The molecule has 0 aliphatic carbocycles. The Hall–Kier alpha value is -0.800. The quantitative estimate of drug-likeness (QED) is 0.861. The first-order valence-corrected chi connectivity index (χ1v) is 5.55. The number of benzene rings is 1. The average Bonchev–Trinajstić information content (AvgIpc) is 2.16. The van der Waals surface area contributed by atoms with Gasteiger partial charge in [0.25, 0.3) is 0 Å². The van der Waals surface area contributed by atoms with E-state index in [9.17, 15) is 4.39 Å². The third-order valence-electron chi connectivity index (χ3n) is 2.17. The topological polar surface area (TPSA) is 21.3 Å². The van der Waals surface area contributed by atoms with E-state index in [0.717, 1.165) is 6.54 Å². The fraction of sp³-hybridized carbons (Fsp3) is 0.500. The predicted molar refractivity (Wildman–Crippen MR) is 64.6 cm³/mol. The van der Waals surface area contributed by atoms with Crippen LogP contribution in [0.15, 0.2) is 18.2 Å². The molecule has 0 heterocycles. The Morgan fingerprint density at radius 1 is 1.44 bits per heavy atom. The van der Waals surface area contributed by atoms with Crippen molar-refractivity contribution in [1.29, 1.82) is 0 Å². The molecule has 16 heavy (non-hydrogen) atoms. The lowest BCUT2D eigenvalue weighted by Crippen LogP contribution is -2.32. The summed E-state index contributed by atoms with van der Waals surface area (Å²) in [7, 11) is 1.90. The maximum atomic E-state index is 12.8. The smallest absolute Gasteiger partial charge is 0.138 e. The lowest BCUT2D eigenvalue weighted by molar-refractivity contribution is 0.179. The molecule has 0 radical (unpaired) electrons. The highest BCUT2D eigenvalue weighted by molar-refractivity contribution is 6.32. The highest BCUT2D eigenvalue weighted by atomic mass is 35.5. The van der Waals surface area contributed by atoms with Gasteiger partial charge in [-0.1, -0.05) is 25.4 Å². The molecule has 1 aromatic rings.